The van der Waals surface area contributed by atoms with Crippen LogP contribution >= 0.6 is 35.0 Å². The molecule has 0 atom stereocenters. The van der Waals surface area contributed by atoms with Crippen molar-refractivity contribution >= 4 is 46.1 Å². The molecule has 7 heteroatoms. The Morgan fingerprint density at radius 3 is 2.29 bits per heavy atom. The third kappa shape index (κ3) is 3.24. The van der Waals surface area contributed by atoms with E-state index in [1.165, 1.54) is 17.8 Å². The van der Waals surface area contributed by atoms with Crippen LogP contribution in [0.4, 0.5) is 0 Å². The van der Waals surface area contributed by atoms with Crippen LogP contribution in [-0.2, 0) is 0 Å². The Kier molecular flexibility index (Phi) is 4.14. The van der Waals surface area contributed by atoms with Crippen molar-refractivity contribution in [3.8, 4) is 11.1 Å². The van der Waals surface area contributed by atoms with Crippen LogP contribution in [0.25, 0.3) is 22.2 Å². The van der Waals surface area contributed by atoms with Gasteiger partial charge < -0.3 is 4.42 Å². The van der Waals surface area contributed by atoms with Gasteiger partial charge in [-0.3, -0.25) is 0 Å². The SMILES string of the molecule is Clc1cc(Cl)nc(Sc2nc3cc(-c4ccccc4)ccc3o2)n1. The van der Waals surface area contributed by atoms with Crippen LogP contribution in [-0.4, -0.2) is 15.0 Å². The first kappa shape index (κ1) is 15.4. The molecule has 4 rings (SSSR count). The van der Waals surface area contributed by atoms with Gasteiger partial charge >= 0.3 is 0 Å². The van der Waals surface area contributed by atoms with Crippen molar-refractivity contribution in [2.24, 2.45) is 0 Å². The summed E-state index contributed by atoms with van der Waals surface area (Å²) in [7, 11) is 0. The molecule has 0 fully saturated rings. The van der Waals surface area contributed by atoms with Crippen molar-refractivity contribution < 1.29 is 4.42 Å². The van der Waals surface area contributed by atoms with Gasteiger partial charge in [0.05, 0.1) is 0 Å². The third-order valence-corrected chi connectivity index (χ3v) is 4.40. The molecule has 0 radical (unpaired) electrons. The lowest BCUT2D eigenvalue weighted by Gasteiger charge is -1.99. The normalized spacial score (nSPS) is 11.1. The van der Waals surface area contributed by atoms with Crippen LogP contribution in [0.2, 0.25) is 10.3 Å². The number of oxazole rings is 1. The summed E-state index contributed by atoms with van der Waals surface area (Å²) in [5.41, 5.74) is 3.67. The molecule has 2 aromatic carbocycles. The van der Waals surface area contributed by atoms with E-state index < -0.39 is 0 Å². The first-order valence-corrected chi connectivity index (χ1v) is 8.58. The van der Waals surface area contributed by atoms with E-state index in [-0.39, 0.29) is 10.3 Å². The standard InChI is InChI=1S/C17H9Cl2N3OS/c18-14-9-15(19)22-16(21-14)24-17-20-12-8-11(6-7-13(12)23-17)10-4-2-1-3-5-10/h1-9H. The molecule has 2 aromatic heterocycles. The molecule has 0 spiro atoms. The molecule has 0 bridgehead atoms. The predicted octanol–water partition coefficient (Wildman–Crippen LogP) is 5.74. The Morgan fingerprint density at radius 1 is 0.792 bits per heavy atom. The lowest BCUT2D eigenvalue weighted by Crippen LogP contribution is -1.87. The molecule has 0 unspecified atom stereocenters. The second kappa shape index (κ2) is 6.43. The Labute approximate surface area is 151 Å². The fourth-order valence-corrected chi connectivity index (χ4v) is 3.50. The van der Waals surface area contributed by atoms with Crippen LogP contribution in [0.3, 0.4) is 0 Å². The summed E-state index contributed by atoms with van der Waals surface area (Å²) in [6.07, 6.45) is 0. The maximum atomic E-state index is 5.88. The molecule has 4 nitrogen and oxygen atoms in total. The minimum atomic E-state index is 0.278. The highest BCUT2D eigenvalue weighted by atomic mass is 35.5. The fourth-order valence-electron chi connectivity index (χ4n) is 2.25. The second-order valence-corrected chi connectivity index (χ2v) is 6.62. The zero-order valence-corrected chi connectivity index (χ0v) is 14.4. The van der Waals surface area contributed by atoms with E-state index in [0.717, 1.165) is 16.6 Å². The van der Waals surface area contributed by atoms with Crippen LogP contribution in [0.1, 0.15) is 0 Å². The maximum Gasteiger partial charge on any atom is 0.264 e. The van der Waals surface area contributed by atoms with E-state index in [0.29, 0.717) is 16.0 Å². The number of hydrogen-bond donors (Lipinski definition) is 0. The van der Waals surface area contributed by atoms with Crippen molar-refractivity contribution in [1.29, 1.82) is 0 Å². The number of fused-ring (bicyclic) bond motifs is 1. The molecule has 0 N–H and O–H groups in total. The van der Waals surface area contributed by atoms with Crippen molar-refractivity contribution in [1.82, 2.24) is 15.0 Å². The van der Waals surface area contributed by atoms with E-state index in [9.17, 15) is 0 Å². The topological polar surface area (TPSA) is 51.8 Å². The van der Waals surface area contributed by atoms with Crippen LogP contribution in [0.5, 0.6) is 0 Å². The molecule has 0 aliphatic carbocycles. The van der Waals surface area contributed by atoms with Crippen LogP contribution < -0.4 is 0 Å². The summed E-state index contributed by atoms with van der Waals surface area (Å²) < 4.78 is 5.73. The lowest BCUT2D eigenvalue weighted by atomic mass is 10.1. The number of nitrogens with zero attached hydrogens (tertiary/aromatic N) is 3. The summed E-state index contributed by atoms with van der Waals surface area (Å²) in [6, 6.07) is 17.5. The summed E-state index contributed by atoms with van der Waals surface area (Å²) in [4.78, 5) is 12.7. The average molecular weight is 374 g/mol. The van der Waals surface area contributed by atoms with Gasteiger partial charge in [-0.1, -0.05) is 59.6 Å². The van der Waals surface area contributed by atoms with Crippen molar-refractivity contribution in [2.45, 2.75) is 10.4 Å². The highest BCUT2D eigenvalue weighted by Crippen LogP contribution is 2.31. The van der Waals surface area contributed by atoms with Gasteiger partial charge in [-0.2, -0.15) is 0 Å². The number of rotatable bonds is 3. The molecule has 4 aromatic rings. The van der Waals surface area contributed by atoms with Gasteiger partial charge in [0.15, 0.2) is 10.7 Å². The van der Waals surface area contributed by atoms with Crippen molar-refractivity contribution in [3.63, 3.8) is 0 Å². The van der Waals surface area contributed by atoms with Gasteiger partial charge in [0.1, 0.15) is 15.8 Å². The molecule has 0 aliphatic heterocycles. The van der Waals surface area contributed by atoms with Gasteiger partial charge in [-0.05, 0) is 23.3 Å². The zero-order valence-electron chi connectivity index (χ0n) is 12.1. The first-order chi connectivity index (χ1) is 11.7. The van der Waals surface area contributed by atoms with Gasteiger partial charge in [0, 0.05) is 17.8 Å². The number of hydrogen-bond acceptors (Lipinski definition) is 5. The number of aromatic nitrogens is 3. The van der Waals surface area contributed by atoms with E-state index >= 15 is 0 Å². The molecule has 0 saturated heterocycles. The van der Waals surface area contributed by atoms with Gasteiger partial charge in [0.25, 0.3) is 5.22 Å². The van der Waals surface area contributed by atoms with Gasteiger partial charge in [-0.25, -0.2) is 15.0 Å². The van der Waals surface area contributed by atoms with E-state index in [4.69, 9.17) is 27.6 Å². The molecule has 24 heavy (non-hydrogen) atoms. The largest absolute Gasteiger partial charge is 0.431 e. The lowest BCUT2D eigenvalue weighted by molar-refractivity contribution is 0.488. The van der Waals surface area contributed by atoms with Crippen LogP contribution in [0.15, 0.2) is 69.4 Å². The molecule has 0 saturated carbocycles. The highest BCUT2D eigenvalue weighted by molar-refractivity contribution is 7.98. The molecule has 0 aliphatic rings. The van der Waals surface area contributed by atoms with Crippen molar-refractivity contribution in [3.05, 3.63) is 64.9 Å². The molecular formula is C17H9Cl2N3OS. The Morgan fingerprint density at radius 2 is 1.54 bits per heavy atom. The van der Waals surface area contributed by atoms with E-state index in [1.807, 2.05) is 36.4 Å². The predicted molar refractivity (Wildman–Crippen MR) is 95.6 cm³/mol. The quantitative estimate of drug-likeness (QED) is 0.338. The number of halogens is 2. The smallest absolute Gasteiger partial charge is 0.264 e. The maximum absolute atomic E-state index is 5.88. The molecular weight excluding hydrogens is 365 g/mol. The Balaban J connectivity index is 1.68. The minimum absolute atomic E-state index is 0.278. The first-order valence-electron chi connectivity index (χ1n) is 7.01. The summed E-state index contributed by atoms with van der Waals surface area (Å²) in [6.45, 7) is 0. The van der Waals surface area contributed by atoms with Crippen molar-refractivity contribution in [2.75, 3.05) is 0 Å². The molecule has 2 heterocycles. The average Bonchev–Trinajstić information content (AvgIpc) is 2.96. The minimum Gasteiger partial charge on any atom is -0.431 e. The van der Waals surface area contributed by atoms with Gasteiger partial charge in [-0.15, -0.1) is 0 Å². The summed E-state index contributed by atoms with van der Waals surface area (Å²) in [5, 5.41) is 1.39. The van der Waals surface area contributed by atoms with E-state index in [2.05, 4.69) is 27.1 Å². The molecule has 118 valence electrons. The third-order valence-electron chi connectivity index (χ3n) is 3.30. The Hall–Kier alpha value is -2.08. The fraction of sp³-hybridized carbons (Fsp3) is 0. The molecule has 0 amide bonds. The van der Waals surface area contributed by atoms with E-state index in [1.54, 1.807) is 0 Å². The van der Waals surface area contributed by atoms with Gasteiger partial charge in [0.2, 0.25) is 0 Å². The number of benzene rings is 2. The van der Waals surface area contributed by atoms with Crippen LogP contribution in [0, 0.1) is 0 Å². The Bertz CT molecular complexity index is 1000. The highest BCUT2D eigenvalue weighted by Gasteiger charge is 2.12. The zero-order chi connectivity index (χ0) is 16.5. The summed E-state index contributed by atoms with van der Waals surface area (Å²) >= 11 is 12.9. The summed E-state index contributed by atoms with van der Waals surface area (Å²) in [5.74, 6) is 0. The monoisotopic (exact) mass is 373 g/mol. The second-order valence-electron chi connectivity index (χ2n) is 4.93.